The van der Waals surface area contributed by atoms with Gasteiger partial charge in [0, 0.05) is 6.54 Å². The van der Waals surface area contributed by atoms with Crippen molar-refractivity contribution in [2.75, 3.05) is 20.6 Å². The summed E-state index contributed by atoms with van der Waals surface area (Å²) in [5.41, 5.74) is 5.54. The molecule has 0 aromatic heterocycles. The monoisotopic (exact) mass is 235 g/mol. The van der Waals surface area contributed by atoms with E-state index >= 15 is 0 Å². The molecule has 0 fully saturated rings. The Kier molecular flexibility index (Phi) is 5.62. The van der Waals surface area contributed by atoms with Gasteiger partial charge in [0.05, 0.1) is 6.04 Å². The molecule has 0 amide bonds. The minimum absolute atomic E-state index is 0.192. The number of benzene rings is 1. The minimum Gasteiger partial charge on any atom is -0.307 e. The fourth-order valence-electron chi connectivity index (χ4n) is 2.03. The average molecular weight is 235 g/mol. The van der Waals surface area contributed by atoms with Crippen LogP contribution in [-0.2, 0) is 6.42 Å². The second-order valence-electron chi connectivity index (χ2n) is 5.32. The van der Waals surface area contributed by atoms with Gasteiger partial charge in [0.25, 0.3) is 0 Å². The molecule has 1 rings (SSSR count). The molecule has 0 aliphatic heterocycles. The zero-order valence-corrected chi connectivity index (χ0v) is 11.4. The third-order valence-electron chi connectivity index (χ3n) is 2.75. The summed E-state index contributed by atoms with van der Waals surface area (Å²) in [6, 6.07) is 8.89. The van der Waals surface area contributed by atoms with Gasteiger partial charge in [-0.1, -0.05) is 38.1 Å². The minimum atomic E-state index is 0.192. The number of hydrogen-bond acceptors (Lipinski definition) is 3. The van der Waals surface area contributed by atoms with Gasteiger partial charge in [0.1, 0.15) is 0 Å². The Morgan fingerprint density at radius 2 is 2.00 bits per heavy atom. The van der Waals surface area contributed by atoms with Gasteiger partial charge >= 0.3 is 0 Å². The van der Waals surface area contributed by atoms with Crippen LogP contribution in [0.3, 0.4) is 0 Å². The molecule has 0 spiro atoms. The number of hydrogen-bond donors (Lipinski definition) is 2. The largest absolute Gasteiger partial charge is 0.307 e. The van der Waals surface area contributed by atoms with E-state index in [1.807, 2.05) is 0 Å². The molecule has 1 unspecified atom stereocenters. The normalized spacial score (nSPS) is 13.4. The van der Waals surface area contributed by atoms with Crippen LogP contribution in [0.5, 0.6) is 0 Å². The van der Waals surface area contributed by atoms with Crippen LogP contribution in [0.2, 0.25) is 0 Å². The molecule has 3 N–H and O–H groups in total. The summed E-state index contributed by atoms with van der Waals surface area (Å²) in [6.45, 7) is 5.39. The predicted octanol–water partition coefficient (Wildman–Crippen LogP) is 1.95. The van der Waals surface area contributed by atoms with Gasteiger partial charge in [-0.05, 0) is 37.6 Å². The highest BCUT2D eigenvalue weighted by Crippen LogP contribution is 2.16. The maximum atomic E-state index is 5.63. The topological polar surface area (TPSA) is 41.3 Å². The van der Waals surface area contributed by atoms with Crippen molar-refractivity contribution >= 4 is 0 Å². The molecule has 1 aromatic carbocycles. The summed E-state index contributed by atoms with van der Waals surface area (Å²) >= 11 is 0. The first-order valence-electron chi connectivity index (χ1n) is 6.22. The first-order valence-corrected chi connectivity index (χ1v) is 6.22. The molecule has 0 bridgehead atoms. The Balaban J connectivity index is 2.81. The Hall–Kier alpha value is -0.900. The third-order valence-corrected chi connectivity index (χ3v) is 2.75. The van der Waals surface area contributed by atoms with E-state index in [0.717, 1.165) is 13.0 Å². The lowest BCUT2D eigenvalue weighted by Crippen LogP contribution is -2.35. The van der Waals surface area contributed by atoms with Gasteiger partial charge in [0.2, 0.25) is 0 Å². The highest BCUT2D eigenvalue weighted by molar-refractivity contribution is 5.26. The van der Waals surface area contributed by atoms with Crippen molar-refractivity contribution in [2.24, 2.45) is 11.8 Å². The zero-order chi connectivity index (χ0) is 12.8. The molecule has 1 aromatic rings. The molecule has 0 radical (unpaired) electrons. The Morgan fingerprint density at radius 3 is 2.53 bits per heavy atom. The van der Waals surface area contributed by atoms with E-state index in [1.165, 1.54) is 11.1 Å². The number of likely N-dealkylation sites (N-methyl/N-ethyl adjacent to an activating group) is 1. The van der Waals surface area contributed by atoms with Gasteiger partial charge in [-0.2, -0.15) is 0 Å². The Bertz CT molecular complexity index is 334. The molecule has 0 aliphatic rings. The maximum absolute atomic E-state index is 5.63. The van der Waals surface area contributed by atoms with Crippen LogP contribution in [-0.4, -0.2) is 25.5 Å². The van der Waals surface area contributed by atoms with Crippen molar-refractivity contribution in [2.45, 2.75) is 26.3 Å². The van der Waals surface area contributed by atoms with Crippen molar-refractivity contribution < 1.29 is 0 Å². The summed E-state index contributed by atoms with van der Waals surface area (Å²) in [5.74, 6) is 6.31. The van der Waals surface area contributed by atoms with Gasteiger partial charge in [0.15, 0.2) is 0 Å². The molecule has 3 nitrogen and oxygen atoms in total. The highest BCUT2D eigenvalue weighted by atomic mass is 15.3. The standard InChI is InChI=1S/C14H25N3/c1-11(2)8-12-6-5-7-13(9-12)14(16-15)10-17(3)4/h5-7,9,11,14,16H,8,10,15H2,1-4H3. The Labute approximate surface area is 105 Å². The lowest BCUT2D eigenvalue weighted by molar-refractivity contribution is 0.344. The van der Waals surface area contributed by atoms with E-state index in [2.05, 4.69) is 62.5 Å². The van der Waals surface area contributed by atoms with Crippen LogP contribution in [0.1, 0.15) is 31.0 Å². The van der Waals surface area contributed by atoms with Gasteiger partial charge in [-0.3, -0.25) is 11.3 Å². The third kappa shape index (κ3) is 4.86. The molecular formula is C14H25N3. The summed E-state index contributed by atoms with van der Waals surface area (Å²) in [5, 5.41) is 0. The summed E-state index contributed by atoms with van der Waals surface area (Å²) in [6.07, 6.45) is 1.12. The second kappa shape index (κ2) is 6.74. The fourth-order valence-corrected chi connectivity index (χ4v) is 2.03. The molecular weight excluding hydrogens is 210 g/mol. The van der Waals surface area contributed by atoms with E-state index < -0.39 is 0 Å². The number of nitrogens with two attached hydrogens (primary N) is 1. The van der Waals surface area contributed by atoms with Gasteiger partial charge < -0.3 is 4.90 Å². The van der Waals surface area contributed by atoms with Crippen LogP contribution < -0.4 is 11.3 Å². The smallest absolute Gasteiger partial charge is 0.0586 e. The van der Waals surface area contributed by atoms with Crippen molar-refractivity contribution in [1.29, 1.82) is 0 Å². The van der Waals surface area contributed by atoms with E-state index in [-0.39, 0.29) is 6.04 Å². The quantitative estimate of drug-likeness (QED) is 0.585. The van der Waals surface area contributed by atoms with Crippen LogP contribution in [0.25, 0.3) is 0 Å². The Morgan fingerprint density at radius 1 is 1.29 bits per heavy atom. The highest BCUT2D eigenvalue weighted by Gasteiger charge is 2.11. The molecule has 17 heavy (non-hydrogen) atoms. The van der Waals surface area contributed by atoms with Crippen LogP contribution in [0.15, 0.2) is 24.3 Å². The molecule has 3 heteroatoms. The predicted molar refractivity (Wildman–Crippen MR) is 73.6 cm³/mol. The van der Waals surface area contributed by atoms with Crippen molar-refractivity contribution in [3.05, 3.63) is 35.4 Å². The maximum Gasteiger partial charge on any atom is 0.0586 e. The molecule has 0 saturated heterocycles. The van der Waals surface area contributed by atoms with E-state index in [4.69, 9.17) is 5.84 Å². The molecule has 0 aliphatic carbocycles. The van der Waals surface area contributed by atoms with Crippen LogP contribution in [0, 0.1) is 5.92 Å². The molecule has 0 saturated carbocycles. The fraction of sp³-hybridized carbons (Fsp3) is 0.571. The molecule has 1 atom stereocenters. The second-order valence-corrected chi connectivity index (χ2v) is 5.32. The number of nitrogens with zero attached hydrogens (tertiary/aromatic N) is 1. The number of rotatable bonds is 6. The number of nitrogens with one attached hydrogen (secondary N) is 1. The summed E-state index contributed by atoms with van der Waals surface area (Å²) in [4.78, 5) is 2.14. The van der Waals surface area contributed by atoms with Crippen LogP contribution >= 0.6 is 0 Å². The lowest BCUT2D eigenvalue weighted by Gasteiger charge is -2.21. The van der Waals surface area contributed by atoms with Gasteiger partial charge in [-0.25, -0.2) is 0 Å². The summed E-state index contributed by atoms with van der Waals surface area (Å²) in [7, 11) is 4.12. The van der Waals surface area contributed by atoms with E-state index in [1.54, 1.807) is 0 Å². The van der Waals surface area contributed by atoms with E-state index in [9.17, 15) is 0 Å². The van der Waals surface area contributed by atoms with Crippen molar-refractivity contribution in [3.8, 4) is 0 Å². The molecule has 96 valence electrons. The van der Waals surface area contributed by atoms with Gasteiger partial charge in [-0.15, -0.1) is 0 Å². The molecule has 0 heterocycles. The van der Waals surface area contributed by atoms with Crippen molar-refractivity contribution in [1.82, 2.24) is 10.3 Å². The SMILES string of the molecule is CC(C)Cc1cccc(C(CN(C)C)NN)c1. The zero-order valence-electron chi connectivity index (χ0n) is 11.4. The van der Waals surface area contributed by atoms with Crippen LogP contribution in [0.4, 0.5) is 0 Å². The first kappa shape index (κ1) is 14.2. The van der Waals surface area contributed by atoms with Crippen molar-refractivity contribution in [3.63, 3.8) is 0 Å². The lowest BCUT2D eigenvalue weighted by atomic mass is 9.98. The average Bonchev–Trinajstić information content (AvgIpc) is 2.25. The summed E-state index contributed by atoms with van der Waals surface area (Å²) < 4.78 is 0. The van der Waals surface area contributed by atoms with E-state index in [0.29, 0.717) is 5.92 Å². The number of hydrazine groups is 1. The first-order chi connectivity index (χ1) is 8.02.